The molecule has 2 nitrogen and oxygen atoms in total. The summed E-state index contributed by atoms with van der Waals surface area (Å²) in [5.41, 5.74) is -0.357. The molecule has 0 amide bonds. The number of rotatable bonds is 6. The van der Waals surface area contributed by atoms with E-state index in [0.717, 1.165) is 19.3 Å². The third-order valence-electron chi connectivity index (χ3n) is 4.12. The van der Waals surface area contributed by atoms with Crippen molar-refractivity contribution >= 4 is 5.97 Å². The summed E-state index contributed by atoms with van der Waals surface area (Å²) in [6.45, 7) is 12.9. The van der Waals surface area contributed by atoms with E-state index in [1.807, 2.05) is 0 Å². The molecule has 0 heterocycles. The van der Waals surface area contributed by atoms with E-state index < -0.39 is 0 Å². The van der Waals surface area contributed by atoms with Crippen LogP contribution in [0.4, 0.5) is 0 Å². The molecule has 0 aromatic heterocycles. The Morgan fingerprint density at radius 1 is 1.19 bits per heavy atom. The van der Waals surface area contributed by atoms with Crippen LogP contribution in [0.3, 0.4) is 0 Å². The monoisotopic (exact) mass is 228 g/mol. The maximum atomic E-state index is 12.2. The van der Waals surface area contributed by atoms with Crippen molar-refractivity contribution in [1.29, 1.82) is 0 Å². The van der Waals surface area contributed by atoms with E-state index in [1.54, 1.807) is 0 Å². The molecule has 16 heavy (non-hydrogen) atoms. The zero-order valence-electron chi connectivity index (χ0n) is 12.0. The van der Waals surface area contributed by atoms with Gasteiger partial charge in [-0.1, -0.05) is 41.5 Å². The lowest BCUT2D eigenvalue weighted by Gasteiger charge is -2.44. The van der Waals surface area contributed by atoms with E-state index in [2.05, 4.69) is 41.5 Å². The van der Waals surface area contributed by atoms with Gasteiger partial charge in [0, 0.05) is 0 Å². The number of methoxy groups -OCH3 is 1. The van der Waals surface area contributed by atoms with Gasteiger partial charge < -0.3 is 4.74 Å². The second kappa shape index (κ2) is 5.70. The predicted octanol–water partition coefficient (Wildman–Crippen LogP) is 4.04. The summed E-state index contributed by atoms with van der Waals surface area (Å²) in [5, 5.41) is 0. The highest BCUT2D eigenvalue weighted by Gasteiger charge is 2.49. The molecule has 0 aromatic rings. The first-order valence-corrected chi connectivity index (χ1v) is 6.35. The van der Waals surface area contributed by atoms with Gasteiger partial charge in [-0.25, -0.2) is 0 Å². The van der Waals surface area contributed by atoms with Crippen molar-refractivity contribution in [1.82, 2.24) is 0 Å². The predicted molar refractivity (Wildman–Crippen MR) is 68.3 cm³/mol. The Kier molecular flexibility index (Phi) is 5.51. The van der Waals surface area contributed by atoms with Crippen molar-refractivity contribution in [3.8, 4) is 0 Å². The van der Waals surface area contributed by atoms with Crippen molar-refractivity contribution in [2.45, 2.75) is 60.8 Å². The van der Waals surface area contributed by atoms with E-state index >= 15 is 0 Å². The number of ether oxygens (including phenoxy) is 1. The summed E-state index contributed by atoms with van der Waals surface area (Å²) in [7, 11) is 1.50. The van der Waals surface area contributed by atoms with E-state index in [0.29, 0.717) is 5.92 Å². The van der Waals surface area contributed by atoms with Crippen LogP contribution in [0.5, 0.6) is 0 Å². The Labute approximate surface area is 101 Å². The molecule has 0 aromatic carbocycles. The average Bonchev–Trinajstić information content (AvgIpc) is 2.24. The van der Waals surface area contributed by atoms with Gasteiger partial charge in [0.25, 0.3) is 0 Å². The van der Waals surface area contributed by atoms with E-state index in [4.69, 9.17) is 4.74 Å². The fourth-order valence-electron chi connectivity index (χ4n) is 2.63. The quantitative estimate of drug-likeness (QED) is 0.641. The van der Waals surface area contributed by atoms with Gasteiger partial charge in [0.15, 0.2) is 0 Å². The summed E-state index contributed by atoms with van der Waals surface area (Å²) >= 11 is 0. The molecular weight excluding hydrogens is 200 g/mol. The van der Waals surface area contributed by atoms with Crippen LogP contribution in [0.1, 0.15) is 60.8 Å². The Balaban J connectivity index is 5.36. The van der Waals surface area contributed by atoms with Crippen LogP contribution in [-0.4, -0.2) is 13.1 Å². The van der Waals surface area contributed by atoms with E-state index in [-0.39, 0.29) is 16.8 Å². The minimum Gasteiger partial charge on any atom is -0.469 e. The van der Waals surface area contributed by atoms with E-state index in [9.17, 15) is 4.79 Å². The maximum Gasteiger partial charge on any atom is 0.312 e. The summed E-state index contributed by atoms with van der Waals surface area (Å²) in [4.78, 5) is 12.2. The molecule has 0 aliphatic carbocycles. The molecule has 0 saturated carbocycles. The molecule has 0 N–H and O–H groups in total. The Bertz CT molecular complexity index is 231. The van der Waals surface area contributed by atoms with Crippen molar-refractivity contribution in [3.05, 3.63) is 0 Å². The second-order valence-corrected chi connectivity index (χ2v) is 5.76. The summed E-state index contributed by atoms with van der Waals surface area (Å²) in [6.07, 6.45) is 2.73. The normalized spacial score (nSPS) is 16.0. The smallest absolute Gasteiger partial charge is 0.312 e. The fraction of sp³-hybridized carbons (Fsp3) is 0.929. The van der Waals surface area contributed by atoms with Crippen molar-refractivity contribution < 1.29 is 9.53 Å². The molecule has 2 heteroatoms. The van der Waals surface area contributed by atoms with Crippen molar-refractivity contribution in [2.24, 2.45) is 16.7 Å². The lowest BCUT2D eigenvalue weighted by molar-refractivity contribution is -0.163. The van der Waals surface area contributed by atoms with Crippen molar-refractivity contribution in [3.63, 3.8) is 0 Å². The highest BCUT2D eigenvalue weighted by atomic mass is 16.5. The molecule has 0 fully saturated rings. The fourth-order valence-corrected chi connectivity index (χ4v) is 2.63. The van der Waals surface area contributed by atoms with Gasteiger partial charge in [0.2, 0.25) is 0 Å². The summed E-state index contributed by atoms with van der Waals surface area (Å²) < 4.78 is 5.06. The molecular formula is C14H28O2. The van der Waals surface area contributed by atoms with Crippen molar-refractivity contribution in [2.75, 3.05) is 7.11 Å². The Morgan fingerprint density at radius 3 is 1.94 bits per heavy atom. The molecule has 1 unspecified atom stereocenters. The number of hydrogen-bond acceptors (Lipinski definition) is 2. The molecule has 0 saturated heterocycles. The van der Waals surface area contributed by atoms with Gasteiger partial charge >= 0.3 is 5.97 Å². The second-order valence-electron chi connectivity index (χ2n) is 5.76. The number of hydrogen-bond donors (Lipinski definition) is 0. The minimum absolute atomic E-state index is 0.0148. The van der Waals surface area contributed by atoms with Gasteiger partial charge in [-0.15, -0.1) is 0 Å². The van der Waals surface area contributed by atoms with E-state index in [1.165, 1.54) is 7.11 Å². The molecule has 0 spiro atoms. The lowest BCUT2D eigenvalue weighted by Crippen LogP contribution is -2.45. The number of carbonyl (C=O) groups excluding carboxylic acids is 1. The third kappa shape index (κ3) is 2.78. The summed E-state index contributed by atoms with van der Waals surface area (Å²) in [5.74, 6) is 0.459. The molecule has 1 atom stereocenters. The van der Waals surface area contributed by atoms with Crippen LogP contribution in [-0.2, 0) is 9.53 Å². The first kappa shape index (κ1) is 15.5. The molecule has 0 bridgehead atoms. The highest BCUT2D eigenvalue weighted by molar-refractivity contribution is 5.77. The van der Waals surface area contributed by atoms with Gasteiger partial charge in [0.05, 0.1) is 12.5 Å². The van der Waals surface area contributed by atoms with Crippen LogP contribution < -0.4 is 0 Å². The zero-order chi connectivity index (χ0) is 13.0. The molecule has 0 rings (SSSR count). The van der Waals surface area contributed by atoms with Crippen LogP contribution in [0.15, 0.2) is 0 Å². The topological polar surface area (TPSA) is 26.3 Å². The first-order valence-electron chi connectivity index (χ1n) is 6.35. The van der Waals surface area contributed by atoms with Crippen LogP contribution in [0.2, 0.25) is 0 Å². The molecule has 0 radical (unpaired) electrons. The number of carbonyl (C=O) groups is 1. The van der Waals surface area contributed by atoms with Gasteiger partial charge in [-0.3, -0.25) is 4.79 Å². The zero-order valence-corrected chi connectivity index (χ0v) is 12.0. The highest BCUT2D eigenvalue weighted by Crippen LogP contribution is 2.49. The van der Waals surface area contributed by atoms with Gasteiger partial charge in [-0.2, -0.15) is 0 Å². The van der Waals surface area contributed by atoms with Gasteiger partial charge in [0.1, 0.15) is 0 Å². The maximum absolute atomic E-state index is 12.2. The van der Waals surface area contributed by atoms with Crippen LogP contribution in [0, 0.1) is 16.7 Å². The molecule has 0 aliphatic heterocycles. The third-order valence-corrected chi connectivity index (χ3v) is 4.12. The number of esters is 1. The standard InChI is InChI=1S/C14H28O2/c1-8-13(5,6)14(9-2,10-11(3)4)12(15)16-7/h11H,8-10H2,1-7H3. The Hall–Kier alpha value is -0.530. The summed E-state index contributed by atoms with van der Waals surface area (Å²) in [6, 6.07) is 0. The van der Waals surface area contributed by atoms with Gasteiger partial charge in [-0.05, 0) is 30.6 Å². The van der Waals surface area contributed by atoms with Crippen LogP contribution >= 0.6 is 0 Å². The lowest BCUT2D eigenvalue weighted by atomic mass is 9.59. The SMILES string of the molecule is CCC(C)(C)C(CC)(CC(C)C)C(=O)OC. The molecule has 0 aliphatic rings. The first-order chi connectivity index (χ1) is 7.27. The van der Waals surface area contributed by atoms with Crippen LogP contribution in [0.25, 0.3) is 0 Å². The Morgan fingerprint density at radius 2 is 1.69 bits per heavy atom. The molecule has 96 valence electrons. The largest absolute Gasteiger partial charge is 0.469 e. The average molecular weight is 228 g/mol. The minimum atomic E-state index is -0.343.